The SMILES string of the molecule is CSc1cnc(NCCCNc2nc3ccc(C(=O)NC(C)(C)C(=O)O)cc3s2)nc1. The van der Waals surface area contributed by atoms with E-state index < -0.39 is 17.4 Å². The number of nitrogens with zero attached hydrogens (tertiary/aromatic N) is 3. The molecule has 0 aliphatic carbocycles. The highest BCUT2D eigenvalue weighted by atomic mass is 32.2. The van der Waals surface area contributed by atoms with Crippen LogP contribution in [-0.4, -0.2) is 56.8 Å². The number of thioether (sulfide) groups is 1. The van der Waals surface area contributed by atoms with Gasteiger partial charge >= 0.3 is 5.97 Å². The summed E-state index contributed by atoms with van der Waals surface area (Å²) in [5.74, 6) is -0.921. The predicted octanol–water partition coefficient (Wildman–Crippen LogP) is 3.32. The first kappa shape index (κ1) is 22.8. The van der Waals surface area contributed by atoms with E-state index in [2.05, 4.69) is 30.9 Å². The van der Waals surface area contributed by atoms with Crippen molar-refractivity contribution in [3.05, 3.63) is 36.2 Å². The molecule has 9 nitrogen and oxygen atoms in total. The highest BCUT2D eigenvalue weighted by Crippen LogP contribution is 2.27. The van der Waals surface area contributed by atoms with Gasteiger partial charge in [-0.3, -0.25) is 4.79 Å². The van der Waals surface area contributed by atoms with Crippen LogP contribution in [0, 0.1) is 0 Å². The third-order valence-electron chi connectivity index (χ3n) is 4.39. The lowest BCUT2D eigenvalue weighted by molar-refractivity contribution is -0.143. The van der Waals surface area contributed by atoms with Crippen molar-refractivity contribution in [1.29, 1.82) is 0 Å². The number of hydrogen-bond donors (Lipinski definition) is 4. The maximum Gasteiger partial charge on any atom is 0.328 e. The fourth-order valence-electron chi connectivity index (χ4n) is 2.55. The molecule has 0 unspecified atom stereocenters. The van der Waals surface area contributed by atoms with Crippen LogP contribution < -0.4 is 16.0 Å². The Labute approximate surface area is 188 Å². The molecule has 0 aliphatic heterocycles. The lowest BCUT2D eigenvalue weighted by Gasteiger charge is -2.20. The monoisotopic (exact) mass is 460 g/mol. The van der Waals surface area contributed by atoms with Crippen LogP contribution in [0.2, 0.25) is 0 Å². The third kappa shape index (κ3) is 6.05. The van der Waals surface area contributed by atoms with E-state index >= 15 is 0 Å². The van der Waals surface area contributed by atoms with Crippen molar-refractivity contribution in [1.82, 2.24) is 20.3 Å². The Morgan fingerprint density at radius 3 is 2.55 bits per heavy atom. The molecule has 31 heavy (non-hydrogen) atoms. The fraction of sp³-hybridized carbons (Fsp3) is 0.350. The van der Waals surface area contributed by atoms with Gasteiger partial charge in [-0.15, -0.1) is 11.8 Å². The van der Waals surface area contributed by atoms with Crippen LogP contribution in [0.1, 0.15) is 30.6 Å². The lowest BCUT2D eigenvalue weighted by Crippen LogP contribution is -2.49. The number of nitrogens with one attached hydrogen (secondary N) is 3. The molecule has 0 radical (unpaired) electrons. The van der Waals surface area contributed by atoms with Gasteiger partial charge in [0.2, 0.25) is 5.95 Å². The van der Waals surface area contributed by atoms with Crippen LogP contribution in [-0.2, 0) is 4.79 Å². The molecule has 0 saturated heterocycles. The maximum atomic E-state index is 12.4. The van der Waals surface area contributed by atoms with Gasteiger partial charge in [-0.1, -0.05) is 11.3 Å². The average molecular weight is 461 g/mol. The van der Waals surface area contributed by atoms with E-state index in [1.165, 1.54) is 25.2 Å². The van der Waals surface area contributed by atoms with Gasteiger partial charge in [-0.25, -0.2) is 19.7 Å². The van der Waals surface area contributed by atoms with Gasteiger partial charge in [0.05, 0.1) is 10.2 Å². The standard InChI is InChI=1S/C20H24N6O3S2/c1-20(2,17(28)29)26-16(27)12-5-6-14-15(9-12)31-19(25-14)22-8-4-7-21-18-23-10-13(30-3)11-24-18/h5-6,9-11H,4,7-8H2,1-3H3,(H,22,25)(H,26,27)(H,28,29)(H,21,23,24). The van der Waals surface area contributed by atoms with Crippen molar-refractivity contribution in [3.8, 4) is 0 Å². The van der Waals surface area contributed by atoms with Crippen molar-refractivity contribution >= 4 is 56.3 Å². The normalized spacial score (nSPS) is 11.3. The molecular weight excluding hydrogens is 436 g/mol. The first-order chi connectivity index (χ1) is 14.8. The Hall–Kier alpha value is -2.92. The average Bonchev–Trinajstić information content (AvgIpc) is 3.15. The predicted molar refractivity (Wildman–Crippen MR) is 124 cm³/mol. The second-order valence-corrected chi connectivity index (χ2v) is 9.15. The molecule has 164 valence electrons. The second kappa shape index (κ2) is 9.92. The van der Waals surface area contributed by atoms with E-state index in [9.17, 15) is 14.7 Å². The second-order valence-electron chi connectivity index (χ2n) is 7.24. The van der Waals surface area contributed by atoms with Crippen molar-refractivity contribution in [2.45, 2.75) is 30.7 Å². The zero-order chi connectivity index (χ0) is 22.4. The minimum absolute atomic E-state index is 0.397. The number of carboxylic acids is 1. The zero-order valence-corrected chi connectivity index (χ0v) is 19.1. The van der Waals surface area contributed by atoms with Crippen molar-refractivity contribution < 1.29 is 14.7 Å². The molecular formula is C20H24N6O3S2. The van der Waals surface area contributed by atoms with Crippen LogP contribution in [0.5, 0.6) is 0 Å². The third-order valence-corrected chi connectivity index (χ3v) is 6.05. The number of benzene rings is 1. The van der Waals surface area contributed by atoms with Crippen LogP contribution in [0.15, 0.2) is 35.5 Å². The van der Waals surface area contributed by atoms with Gasteiger partial charge in [0.1, 0.15) is 5.54 Å². The van der Waals surface area contributed by atoms with Crippen LogP contribution >= 0.6 is 23.1 Å². The summed E-state index contributed by atoms with van der Waals surface area (Å²) in [6.07, 6.45) is 6.41. The van der Waals surface area contributed by atoms with Crippen LogP contribution in [0.25, 0.3) is 10.2 Å². The van der Waals surface area contributed by atoms with E-state index in [1.54, 1.807) is 42.4 Å². The smallest absolute Gasteiger partial charge is 0.328 e. The Morgan fingerprint density at radius 2 is 1.87 bits per heavy atom. The van der Waals surface area contributed by atoms with Crippen LogP contribution in [0.4, 0.5) is 11.1 Å². The number of fused-ring (bicyclic) bond motifs is 1. The summed E-state index contributed by atoms with van der Waals surface area (Å²) in [7, 11) is 0. The highest BCUT2D eigenvalue weighted by Gasteiger charge is 2.29. The molecule has 0 saturated carbocycles. The molecule has 0 atom stereocenters. The van der Waals surface area contributed by atoms with Crippen molar-refractivity contribution in [3.63, 3.8) is 0 Å². The number of rotatable bonds is 10. The molecule has 0 fully saturated rings. The highest BCUT2D eigenvalue weighted by molar-refractivity contribution is 7.98. The molecule has 0 bridgehead atoms. The maximum absolute atomic E-state index is 12.4. The van der Waals surface area contributed by atoms with E-state index in [-0.39, 0.29) is 0 Å². The summed E-state index contributed by atoms with van der Waals surface area (Å²) in [5.41, 5.74) is -0.168. The number of amides is 1. The Balaban J connectivity index is 1.51. The van der Waals surface area contributed by atoms with Gasteiger partial charge in [-0.2, -0.15) is 0 Å². The summed E-state index contributed by atoms with van der Waals surface area (Å²) >= 11 is 3.05. The summed E-state index contributed by atoms with van der Waals surface area (Å²) in [5, 5.41) is 18.9. The summed E-state index contributed by atoms with van der Waals surface area (Å²) < 4.78 is 0.851. The Bertz CT molecular complexity index is 1070. The Morgan fingerprint density at radius 1 is 1.16 bits per heavy atom. The minimum atomic E-state index is -1.34. The van der Waals surface area contributed by atoms with Gasteiger partial charge in [-0.05, 0) is 44.7 Å². The number of carbonyl (C=O) groups excluding carboxylic acids is 1. The molecule has 0 aliphatic rings. The topological polar surface area (TPSA) is 129 Å². The van der Waals surface area contributed by atoms with E-state index in [0.29, 0.717) is 11.5 Å². The van der Waals surface area contributed by atoms with Crippen LogP contribution in [0.3, 0.4) is 0 Å². The molecule has 4 N–H and O–H groups in total. The summed E-state index contributed by atoms with van der Waals surface area (Å²) in [6, 6.07) is 5.13. The number of aliphatic carboxylic acids is 1. The van der Waals surface area contributed by atoms with Crippen molar-refractivity contribution in [2.24, 2.45) is 0 Å². The van der Waals surface area contributed by atoms with Crippen molar-refractivity contribution in [2.75, 3.05) is 30.0 Å². The molecule has 11 heteroatoms. The molecule has 3 rings (SSSR count). The zero-order valence-electron chi connectivity index (χ0n) is 17.4. The Kier molecular flexibility index (Phi) is 7.29. The van der Waals surface area contributed by atoms with Gasteiger partial charge in [0.25, 0.3) is 5.91 Å². The van der Waals surface area contributed by atoms with E-state index in [1.807, 2.05) is 6.26 Å². The van der Waals surface area contributed by atoms with E-state index in [0.717, 1.165) is 39.8 Å². The van der Waals surface area contributed by atoms with Gasteiger partial charge < -0.3 is 21.1 Å². The molecule has 2 aromatic heterocycles. The molecule has 1 aromatic carbocycles. The largest absolute Gasteiger partial charge is 0.480 e. The molecule has 3 aromatic rings. The summed E-state index contributed by atoms with van der Waals surface area (Å²) in [6.45, 7) is 4.33. The van der Waals surface area contributed by atoms with Gasteiger partial charge in [0, 0.05) is 35.9 Å². The molecule has 0 spiro atoms. The number of hydrogen-bond acceptors (Lipinski definition) is 9. The summed E-state index contributed by atoms with van der Waals surface area (Å²) in [4.78, 5) is 37.6. The first-order valence-electron chi connectivity index (χ1n) is 9.59. The quantitative estimate of drug-likeness (QED) is 0.266. The van der Waals surface area contributed by atoms with E-state index in [4.69, 9.17) is 0 Å². The minimum Gasteiger partial charge on any atom is -0.480 e. The number of thiazole rings is 1. The lowest BCUT2D eigenvalue weighted by atomic mass is 10.1. The number of anilines is 2. The number of carboxylic acid groups (broad SMARTS) is 1. The number of carbonyl (C=O) groups is 2. The fourth-order valence-corrected chi connectivity index (χ4v) is 3.79. The molecule has 2 heterocycles. The van der Waals surface area contributed by atoms with Gasteiger partial charge in [0.15, 0.2) is 5.13 Å². The first-order valence-corrected chi connectivity index (χ1v) is 11.6. The number of aromatic nitrogens is 3. The molecule has 1 amide bonds.